The topological polar surface area (TPSA) is 99.7 Å². The van der Waals surface area contributed by atoms with E-state index in [4.69, 9.17) is 21.4 Å². The molecule has 0 bridgehead atoms. The van der Waals surface area contributed by atoms with E-state index < -0.39 is 54.2 Å². The summed E-state index contributed by atoms with van der Waals surface area (Å²) >= 11 is 6.17. The van der Waals surface area contributed by atoms with Gasteiger partial charge in [0.25, 0.3) is 17.4 Å². The highest BCUT2D eigenvalue weighted by atomic mass is 35.5. The lowest BCUT2D eigenvalue weighted by Crippen LogP contribution is -2.54. The molecule has 2 atom stereocenters. The summed E-state index contributed by atoms with van der Waals surface area (Å²) in [4.78, 5) is 39.8. The summed E-state index contributed by atoms with van der Waals surface area (Å²) in [6.07, 6.45) is -0.606. The molecule has 1 amide bonds. The molecule has 2 N–H and O–H groups in total. The minimum Gasteiger partial charge on any atom is -0.481 e. The van der Waals surface area contributed by atoms with Crippen molar-refractivity contribution in [1.82, 2.24) is 9.88 Å². The van der Waals surface area contributed by atoms with Gasteiger partial charge >= 0.3 is 5.97 Å². The molecule has 1 aromatic heterocycles. The van der Waals surface area contributed by atoms with Crippen LogP contribution in [0.1, 0.15) is 13.3 Å². The first-order valence-electron chi connectivity index (χ1n) is 10.6. The fourth-order valence-corrected chi connectivity index (χ4v) is 4.46. The number of pyridine rings is 1. The minimum atomic E-state index is -3.33. The van der Waals surface area contributed by atoms with E-state index in [1.54, 1.807) is 6.07 Å². The highest BCUT2D eigenvalue weighted by Crippen LogP contribution is 2.34. The Bertz CT molecular complexity index is 1380. The number of halogens is 4. The Morgan fingerprint density at radius 1 is 1.20 bits per heavy atom. The number of amides is 1. The first-order chi connectivity index (χ1) is 16.4. The largest absolute Gasteiger partial charge is 0.481 e. The van der Waals surface area contributed by atoms with Crippen molar-refractivity contribution in [2.45, 2.75) is 25.4 Å². The summed E-state index contributed by atoms with van der Waals surface area (Å²) < 4.78 is 47.1. The summed E-state index contributed by atoms with van der Waals surface area (Å²) in [5.41, 5.74) is 0.576. The zero-order valence-electron chi connectivity index (χ0n) is 18.4. The number of carboxylic acid groups (broad SMARTS) is 1. The van der Waals surface area contributed by atoms with Gasteiger partial charge in [0, 0.05) is 30.3 Å². The summed E-state index contributed by atoms with van der Waals surface area (Å²) in [5.74, 6) is -7.29. The molecule has 35 heavy (non-hydrogen) atoms. The lowest BCUT2D eigenvalue weighted by atomic mass is 9.95. The lowest BCUT2D eigenvalue weighted by Gasteiger charge is -2.37. The van der Waals surface area contributed by atoms with E-state index in [1.807, 2.05) is 0 Å². The van der Waals surface area contributed by atoms with Crippen molar-refractivity contribution >= 4 is 34.2 Å². The van der Waals surface area contributed by atoms with Gasteiger partial charge in [-0.05, 0) is 48.7 Å². The molecule has 1 aliphatic rings. The number of H-pyrrole nitrogens is 1. The number of nitrogens with zero attached hydrogens (tertiary/aromatic N) is 1. The number of likely N-dealkylation sites (tertiary alicyclic amines) is 1. The maximum atomic E-state index is 14.0. The molecular weight excluding hydrogens is 489 g/mol. The fourth-order valence-electron chi connectivity index (χ4n) is 4.19. The van der Waals surface area contributed by atoms with Crippen LogP contribution in [0, 0.1) is 11.7 Å². The van der Waals surface area contributed by atoms with E-state index in [9.17, 15) is 27.6 Å². The highest BCUT2D eigenvalue weighted by molar-refractivity contribution is 6.33. The number of carboxylic acids is 1. The average Bonchev–Trinajstić information content (AvgIpc) is 2.78. The van der Waals surface area contributed by atoms with E-state index in [1.165, 1.54) is 37.4 Å². The third-order valence-electron chi connectivity index (χ3n) is 5.82. The lowest BCUT2D eigenvalue weighted by molar-refractivity contribution is -0.162. The van der Waals surface area contributed by atoms with Crippen molar-refractivity contribution in [3.05, 3.63) is 63.8 Å². The van der Waals surface area contributed by atoms with E-state index in [0.717, 1.165) is 11.0 Å². The van der Waals surface area contributed by atoms with Crippen LogP contribution in [0.2, 0.25) is 5.02 Å². The molecule has 1 aliphatic heterocycles. The number of carbonyl (C=O) groups excluding carboxylic acids is 1. The second kappa shape index (κ2) is 9.26. The van der Waals surface area contributed by atoms with Gasteiger partial charge in [-0.15, -0.1) is 0 Å². The summed E-state index contributed by atoms with van der Waals surface area (Å²) in [6.45, 7) is 0.104. The number of benzene rings is 2. The van der Waals surface area contributed by atoms with Crippen LogP contribution in [-0.2, 0) is 9.59 Å². The highest BCUT2D eigenvalue weighted by Gasteiger charge is 2.45. The molecule has 2 aromatic carbocycles. The third kappa shape index (κ3) is 5.12. The quantitative estimate of drug-likeness (QED) is 0.534. The molecular formula is C24H20ClF3N2O5. The number of alkyl halides is 2. The molecule has 0 spiro atoms. The van der Waals surface area contributed by atoms with Gasteiger partial charge in [-0.2, -0.15) is 0 Å². The van der Waals surface area contributed by atoms with Gasteiger partial charge in [-0.1, -0.05) is 11.6 Å². The third-order valence-corrected chi connectivity index (χ3v) is 6.14. The monoisotopic (exact) mass is 508 g/mol. The number of aromatic amines is 1. The number of aliphatic carboxylic acids is 1. The predicted molar refractivity (Wildman–Crippen MR) is 122 cm³/mol. The minimum absolute atomic E-state index is 0.129. The van der Waals surface area contributed by atoms with E-state index in [-0.39, 0.29) is 22.7 Å². The van der Waals surface area contributed by atoms with Gasteiger partial charge in [0.1, 0.15) is 11.6 Å². The van der Waals surface area contributed by atoms with E-state index in [2.05, 4.69) is 4.98 Å². The Hall–Kier alpha value is -3.53. The zero-order valence-corrected chi connectivity index (χ0v) is 19.1. The second-order valence-electron chi connectivity index (χ2n) is 8.44. The number of fused-ring (bicyclic) bond motifs is 1. The first kappa shape index (κ1) is 24.6. The van der Waals surface area contributed by atoms with E-state index >= 15 is 0 Å². The molecule has 7 nitrogen and oxygen atoms in total. The van der Waals surface area contributed by atoms with Gasteiger partial charge in [-0.3, -0.25) is 14.4 Å². The Morgan fingerprint density at radius 3 is 2.63 bits per heavy atom. The Balaban J connectivity index is 1.60. The Kier molecular flexibility index (Phi) is 6.50. The number of nitrogens with one attached hydrogen (secondary N) is 1. The van der Waals surface area contributed by atoms with Crippen LogP contribution < -0.4 is 10.3 Å². The molecule has 0 aliphatic carbocycles. The summed E-state index contributed by atoms with van der Waals surface area (Å²) in [5, 5.41) is 9.99. The van der Waals surface area contributed by atoms with Gasteiger partial charge in [-0.25, -0.2) is 13.2 Å². The van der Waals surface area contributed by atoms with Crippen LogP contribution in [0.15, 0.2) is 47.4 Å². The Labute approximate surface area is 202 Å². The number of piperidine rings is 1. The van der Waals surface area contributed by atoms with Crippen molar-refractivity contribution < 1.29 is 32.6 Å². The molecule has 1 fully saturated rings. The molecule has 0 saturated carbocycles. The maximum absolute atomic E-state index is 14.0. The number of ether oxygens (including phenoxy) is 1. The van der Waals surface area contributed by atoms with Gasteiger partial charge < -0.3 is 19.7 Å². The SMILES string of the molecule is C[C@@H](Oc1ccc2c(-c3ccc(F)cc3Cl)c[nH]c(=O)c2c1)C(=O)N1CC(C(=O)O)CC(F)(F)C1. The van der Waals surface area contributed by atoms with Crippen LogP contribution in [-0.4, -0.2) is 52.0 Å². The standard InChI is InChI=1S/C24H20ClF3N2O5/c1-12(22(32)30-10-13(23(33)34)8-24(27,28)11-30)35-15-3-5-16-18(7-15)21(31)29-9-19(16)17-4-2-14(26)6-20(17)25/h2-7,9,12-13H,8,10-11H2,1H3,(H,29,31)(H,33,34)/t12-,13?/m1/s1. The van der Waals surface area contributed by atoms with Crippen LogP contribution in [0.4, 0.5) is 13.2 Å². The van der Waals surface area contributed by atoms with Gasteiger partial charge in [0.2, 0.25) is 0 Å². The second-order valence-corrected chi connectivity index (χ2v) is 8.84. The fraction of sp³-hybridized carbons (Fsp3) is 0.292. The summed E-state index contributed by atoms with van der Waals surface area (Å²) in [6, 6.07) is 8.33. The molecule has 4 rings (SSSR count). The van der Waals surface area contributed by atoms with Crippen molar-refractivity contribution in [2.75, 3.05) is 13.1 Å². The first-order valence-corrected chi connectivity index (χ1v) is 11.0. The van der Waals surface area contributed by atoms with Crippen molar-refractivity contribution in [3.8, 4) is 16.9 Å². The number of carbonyl (C=O) groups is 2. The smallest absolute Gasteiger partial charge is 0.308 e. The van der Waals surface area contributed by atoms with Crippen LogP contribution >= 0.6 is 11.6 Å². The predicted octanol–water partition coefficient (Wildman–Crippen LogP) is 4.32. The average molecular weight is 509 g/mol. The van der Waals surface area contributed by atoms with E-state index in [0.29, 0.717) is 16.5 Å². The molecule has 3 aromatic rings. The van der Waals surface area contributed by atoms with Crippen molar-refractivity contribution in [3.63, 3.8) is 0 Å². The normalized spacial score (nSPS) is 18.3. The van der Waals surface area contributed by atoms with Gasteiger partial charge in [0.05, 0.1) is 22.9 Å². The van der Waals surface area contributed by atoms with Gasteiger partial charge in [0.15, 0.2) is 6.10 Å². The van der Waals surface area contributed by atoms with Crippen LogP contribution in [0.3, 0.4) is 0 Å². The molecule has 2 heterocycles. The molecule has 184 valence electrons. The number of hydrogen-bond donors (Lipinski definition) is 2. The maximum Gasteiger partial charge on any atom is 0.308 e. The number of hydrogen-bond acceptors (Lipinski definition) is 4. The Morgan fingerprint density at radius 2 is 1.94 bits per heavy atom. The summed E-state index contributed by atoms with van der Waals surface area (Å²) in [7, 11) is 0. The molecule has 1 unspecified atom stereocenters. The van der Waals surface area contributed by atoms with Crippen molar-refractivity contribution in [1.29, 1.82) is 0 Å². The van der Waals surface area contributed by atoms with Crippen LogP contribution in [0.5, 0.6) is 5.75 Å². The van der Waals surface area contributed by atoms with Crippen molar-refractivity contribution in [2.24, 2.45) is 5.92 Å². The molecule has 1 saturated heterocycles. The molecule has 0 radical (unpaired) electrons. The number of rotatable bonds is 5. The zero-order chi connectivity index (χ0) is 25.5. The van der Waals surface area contributed by atoms with Crippen LogP contribution in [0.25, 0.3) is 21.9 Å². The number of aromatic nitrogens is 1. The molecule has 11 heteroatoms.